The van der Waals surface area contributed by atoms with Crippen LogP contribution in [0.25, 0.3) is 16.6 Å². The maximum absolute atomic E-state index is 11.1. The summed E-state index contributed by atoms with van der Waals surface area (Å²) < 4.78 is 1.50. The average Bonchev–Trinajstić information content (AvgIpc) is 2.76. The van der Waals surface area contributed by atoms with Gasteiger partial charge in [0.1, 0.15) is 5.15 Å². The SMILES string of the molecule is O=C(O)c1nc(Cl)c2c(c1O)c(Cl)c(Cl)n2-c1ccccc1. The summed E-state index contributed by atoms with van der Waals surface area (Å²) in [7, 11) is 0. The van der Waals surface area contributed by atoms with Gasteiger partial charge in [0.2, 0.25) is 0 Å². The lowest BCUT2D eigenvalue weighted by Gasteiger charge is -2.08. The second-order valence-electron chi connectivity index (χ2n) is 4.40. The molecule has 0 unspecified atom stereocenters. The van der Waals surface area contributed by atoms with E-state index in [1.54, 1.807) is 24.3 Å². The van der Waals surface area contributed by atoms with Gasteiger partial charge in [-0.15, -0.1) is 0 Å². The van der Waals surface area contributed by atoms with Gasteiger partial charge in [0.05, 0.1) is 15.9 Å². The van der Waals surface area contributed by atoms with E-state index < -0.39 is 17.4 Å². The van der Waals surface area contributed by atoms with Crippen LogP contribution in [0.15, 0.2) is 30.3 Å². The highest BCUT2D eigenvalue weighted by atomic mass is 35.5. The Hall–Kier alpha value is -1.95. The van der Waals surface area contributed by atoms with Gasteiger partial charge in [0, 0.05) is 5.69 Å². The Kier molecular flexibility index (Phi) is 3.64. The molecule has 1 aromatic carbocycles. The van der Waals surface area contributed by atoms with Gasteiger partial charge in [-0.1, -0.05) is 53.0 Å². The molecule has 2 aromatic heterocycles. The molecule has 0 aliphatic rings. The Morgan fingerprint density at radius 2 is 1.77 bits per heavy atom. The van der Waals surface area contributed by atoms with Crippen molar-refractivity contribution < 1.29 is 15.0 Å². The van der Waals surface area contributed by atoms with Crippen molar-refractivity contribution in [3.05, 3.63) is 51.4 Å². The smallest absolute Gasteiger partial charge is 0.358 e. The van der Waals surface area contributed by atoms with Gasteiger partial charge in [-0.25, -0.2) is 9.78 Å². The van der Waals surface area contributed by atoms with E-state index in [0.29, 0.717) is 5.69 Å². The van der Waals surface area contributed by atoms with E-state index in [2.05, 4.69) is 4.98 Å². The molecule has 0 spiro atoms. The van der Waals surface area contributed by atoms with Crippen molar-refractivity contribution in [1.82, 2.24) is 9.55 Å². The number of carboxylic acid groups (broad SMARTS) is 1. The minimum absolute atomic E-state index is 0.00446. The number of para-hydroxylation sites is 1. The van der Waals surface area contributed by atoms with Crippen molar-refractivity contribution in [2.45, 2.75) is 0 Å². The van der Waals surface area contributed by atoms with Crippen LogP contribution in [-0.2, 0) is 0 Å². The molecule has 2 heterocycles. The van der Waals surface area contributed by atoms with Crippen LogP contribution in [0.2, 0.25) is 15.3 Å². The number of aromatic nitrogens is 2. The highest BCUT2D eigenvalue weighted by Crippen LogP contribution is 2.44. The minimum Gasteiger partial charge on any atom is -0.505 e. The fourth-order valence-corrected chi connectivity index (χ4v) is 3.02. The van der Waals surface area contributed by atoms with E-state index in [1.807, 2.05) is 6.07 Å². The highest BCUT2D eigenvalue weighted by Gasteiger charge is 2.26. The monoisotopic (exact) mass is 356 g/mol. The zero-order valence-electron chi connectivity index (χ0n) is 10.7. The summed E-state index contributed by atoms with van der Waals surface area (Å²) in [5.74, 6) is -1.99. The molecule has 0 bridgehead atoms. The van der Waals surface area contributed by atoms with Crippen LogP contribution in [0, 0.1) is 0 Å². The molecule has 5 nitrogen and oxygen atoms in total. The second-order valence-corrected chi connectivity index (χ2v) is 5.50. The number of fused-ring (bicyclic) bond motifs is 1. The van der Waals surface area contributed by atoms with Crippen LogP contribution in [-0.4, -0.2) is 25.7 Å². The largest absolute Gasteiger partial charge is 0.505 e. The number of carboxylic acids is 1. The Labute approximate surface area is 139 Å². The molecular weight excluding hydrogens is 351 g/mol. The first-order valence-corrected chi connectivity index (χ1v) is 7.13. The number of hydrogen-bond acceptors (Lipinski definition) is 3. The van der Waals surface area contributed by atoms with Crippen molar-refractivity contribution in [3.8, 4) is 11.4 Å². The molecule has 0 saturated carbocycles. The van der Waals surface area contributed by atoms with Gasteiger partial charge in [-0.3, -0.25) is 4.57 Å². The quantitative estimate of drug-likeness (QED) is 0.667. The summed E-state index contributed by atoms with van der Waals surface area (Å²) in [4.78, 5) is 14.8. The fraction of sp³-hybridized carbons (Fsp3) is 0. The number of aromatic carboxylic acids is 1. The van der Waals surface area contributed by atoms with Crippen molar-refractivity contribution >= 4 is 51.7 Å². The van der Waals surface area contributed by atoms with Gasteiger partial charge >= 0.3 is 5.97 Å². The molecule has 3 rings (SSSR count). The lowest BCUT2D eigenvalue weighted by Crippen LogP contribution is -2.02. The standard InChI is InChI=1S/C14H7Cl3N2O3/c15-8-7-10(12(16)18-9(11(7)20)14(21)22)19(13(8)17)6-4-2-1-3-5-6/h1-5,20H,(H,21,22). The van der Waals surface area contributed by atoms with Gasteiger partial charge in [-0.2, -0.15) is 0 Å². The summed E-state index contributed by atoms with van der Waals surface area (Å²) in [6.07, 6.45) is 0. The molecule has 8 heteroatoms. The van der Waals surface area contributed by atoms with Crippen molar-refractivity contribution in [2.75, 3.05) is 0 Å². The van der Waals surface area contributed by atoms with Gasteiger partial charge < -0.3 is 10.2 Å². The molecule has 2 N–H and O–H groups in total. The molecule has 3 aromatic rings. The lowest BCUT2D eigenvalue weighted by atomic mass is 10.2. The maximum atomic E-state index is 11.1. The number of hydrogen-bond donors (Lipinski definition) is 2. The van der Waals surface area contributed by atoms with Crippen LogP contribution in [0.3, 0.4) is 0 Å². The Morgan fingerprint density at radius 1 is 1.14 bits per heavy atom. The zero-order valence-corrected chi connectivity index (χ0v) is 13.0. The van der Waals surface area contributed by atoms with Crippen molar-refractivity contribution in [1.29, 1.82) is 0 Å². The van der Waals surface area contributed by atoms with Gasteiger partial charge in [-0.05, 0) is 12.1 Å². The van der Waals surface area contributed by atoms with Gasteiger partial charge in [0.15, 0.2) is 16.6 Å². The number of pyridine rings is 1. The molecule has 0 atom stereocenters. The normalized spacial score (nSPS) is 11.0. The third kappa shape index (κ3) is 2.09. The van der Waals surface area contributed by atoms with E-state index in [9.17, 15) is 9.90 Å². The van der Waals surface area contributed by atoms with Crippen molar-refractivity contribution in [3.63, 3.8) is 0 Å². The number of carbonyl (C=O) groups is 1. The zero-order chi connectivity index (χ0) is 16.0. The Balaban J connectivity index is 2.49. The molecule has 112 valence electrons. The van der Waals surface area contributed by atoms with E-state index in [1.165, 1.54) is 4.57 Å². The molecule has 0 aliphatic heterocycles. The molecule has 0 amide bonds. The summed E-state index contributed by atoms with van der Waals surface area (Å²) in [6, 6.07) is 8.93. The maximum Gasteiger partial charge on any atom is 0.358 e. The number of halogens is 3. The molecule has 22 heavy (non-hydrogen) atoms. The van der Waals surface area contributed by atoms with Crippen LogP contribution < -0.4 is 0 Å². The van der Waals surface area contributed by atoms with E-state index in [4.69, 9.17) is 39.9 Å². The fourth-order valence-electron chi connectivity index (χ4n) is 2.22. The summed E-state index contributed by atoms with van der Waals surface area (Å²) in [5.41, 5.74) is 0.308. The van der Waals surface area contributed by atoms with E-state index in [-0.39, 0.29) is 26.2 Å². The molecular formula is C14H7Cl3N2O3. The minimum atomic E-state index is -1.42. The third-order valence-electron chi connectivity index (χ3n) is 3.14. The summed E-state index contributed by atoms with van der Waals surface area (Å²) >= 11 is 18.5. The molecule has 0 fully saturated rings. The molecule has 0 saturated heterocycles. The van der Waals surface area contributed by atoms with E-state index in [0.717, 1.165) is 0 Å². The first kappa shape index (κ1) is 15.0. The average molecular weight is 358 g/mol. The van der Waals surface area contributed by atoms with Gasteiger partial charge in [0.25, 0.3) is 0 Å². The number of aromatic hydroxyl groups is 1. The lowest BCUT2D eigenvalue weighted by molar-refractivity contribution is 0.0687. The van der Waals surface area contributed by atoms with Crippen molar-refractivity contribution in [2.24, 2.45) is 0 Å². The summed E-state index contributed by atoms with van der Waals surface area (Å²) in [6.45, 7) is 0. The molecule has 0 radical (unpaired) electrons. The van der Waals surface area contributed by atoms with E-state index >= 15 is 0 Å². The number of nitrogens with zero attached hydrogens (tertiary/aromatic N) is 2. The first-order chi connectivity index (χ1) is 10.4. The van der Waals surface area contributed by atoms with Crippen LogP contribution in [0.5, 0.6) is 5.75 Å². The highest BCUT2D eigenvalue weighted by molar-refractivity contribution is 6.47. The number of rotatable bonds is 2. The summed E-state index contributed by atoms with van der Waals surface area (Å²) in [5, 5.41) is 19.3. The van der Waals surface area contributed by atoms with Crippen LogP contribution >= 0.6 is 34.8 Å². The van der Waals surface area contributed by atoms with Crippen LogP contribution in [0.1, 0.15) is 10.5 Å². The third-order valence-corrected chi connectivity index (χ3v) is 4.23. The molecule has 0 aliphatic carbocycles. The predicted octanol–water partition coefficient (Wildman–Crippen LogP) is 4.39. The topological polar surface area (TPSA) is 75.3 Å². The Morgan fingerprint density at radius 3 is 2.36 bits per heavy atom. The second kappa shape index (κ2) is 5.35. The Bertz CT molecular complexity index is 907. The van der Waals surface area contributed by atoms with Crippen LogP contribution in [0.4, 0.5) is 0 Å². The number of benzene rings is 1. The predicted molar refractivity (Wildman–Crippen MR) is 84.7 cm³/mol. The first-order valence-electron chi connectivity index (χ1n) is 6.00.